The molecule has 0 fully saturated rings. The Kier molecular flexibility index (Phi) is 4.72. The molecule has 0 bridgehead atoms. The van der Waals surface area contributed by atoms with Crippen molar-refractivity contribution < 1.29 is 9.59 Å². The number of thioether (sulfide) groups is 1. The predicted molar refractivity (Wildman–Crippen MR) is 95.4 cm³/mol. The van der Waals surface area contributed by atoms with E-state index in [1.165, 1.54) is 11.8 Å². The summed E-state index contributed by atoms with van der Waals surface area (Å²) in [7, 11) is 0. The Hall–Kier alpha value is -2.13. The minimum Gasteiger partial charge on any atom is -0.326 e. The largest absolute Gasteiger partial charge is 0.326 e. The number of carbonyl (C=O) groups excluding carboxylic acids is 2. The summed E-state index contributed by atoms with van der Waals surface area (Å²) in [5.74, 6) is -1.50. The average Bonchev–Trinajstić information content (AvgIpc) is 2.55. The second kappa shape index (κ2) is 6.78. The van der Waals surface area contributed by atoms with Crippen LogP contribution >= 0.6 is 27.7 Å². The van der Waals surface area contributed by atoms with Crippen LogP contribution in [0, 0.1) is 0 Å². The highest BCUT2D eigenvalue weighted by Gasteiger charge is 2.34. The minimum atomic E-state index is -0.885. The lowest BCUT2D eigenvalue weighted by atomic mass is 9.92. The maximum absolute atomic E-state index is 12.6. The van der Waals surface area contributed by atoms with Gasteiger partial charge in [-0.1, -0.05) is 27.7 Å². The third kappa shape index (κ3) is 3.36. The molecule has 0 spiro atoms. The van der Waals surface area contributed by atoms with Gasteiger partial charge in [-0.05, 0) is 30.5 Å². The number of carbonyl (C=O) groups is 2. The summed E-state index contributed by atoms with van der Waals surface area (Å²) in [5.41, 5.74) is 0.350. The molecule has 9 heteroatoms. The first-order chi connectivity index (χ1) is 11.5. The standard InChI is InChI=1S/C15H13BrN4O3S/c1-24-15-19-12-11(14(23)20-15)9(6-10(21)18-12)13(22)17-8-4-2-7(16)3-5-8/h2-5,9H,6H2,1H3,(H,17,22)(H2,18,19,20,21,23)/t9-/m0/s1. The van der Waals surface area contributed by atoms with E-state index in [1.54, 1.807) is 30.5 Å². The zero-order valence-corrected chi connectivity index (χ0v) is 15.0. The molecule has 0 unspecified atom stereocenters. The molecular formula is C15H13BrN4O3S. The lowest BCUT2D eigenvalue weighted by molar-refractivity contribution is -0.123. The Morgan fingerprint density at radius 3 is 2.71 bits per heavy atom. The first kappa shape index (κ1) is 16.7. The van der Waals surface area contributed by atoms with Crippen LogP contribution in [0.3, 0.4) is 0 Å². The van der Waals surface area contributed by atoms with E-state index in [9.17, 15) is 14.4 Å². The molecule has 2 aromatic rings. The van der Waals surface area contributed by atoms with E-state index >= 15 is 0 Å². The van der Waals surface area contributed by atoms with E-state index in [1.807, 2.05) is 0 Å². The molecule has 0 radical (unpaired) electrons. The number of H-pyrrole nitrogens is 1. The first-order valence-corrected chi connectivity index (χ1v) is 9.04. The Balaban J connectivity index is 1.94. The van der Waals surface area contributed by atoms with Gasteiger partial charge in [0.25, 0.3) is 5.56 Å². The maximum Gasteiger partial charge on any atom is 0.257 e. The molecule has 1 aromatic carbocycles. The lowest BCUT2D eigenvalue weighted by Crippen LogP contribution is -2.36. The van der Waals surface area contributed by atoms with Gasteiger partial charge in [0.05, 0.1) is 11.5 Å². The molecule has 0 aliphatic carbocycles. The van der Waals surface area contributed by atoms with Crippen LogP contribution in [-0.4, -0.2) is 28.0 Å². The Bertz CT molecular complexity index is 866. The van der Waals surface area contributed by atoms with Crippen molar-refractivity contribution in [2.24, 2.45) is 0 Å². The maximum atomic E-state index is 12.6. The molecule has 24 heavy (non-hydrogen) atoms. The monoisotopic (exact) mass is 408 g/mol. The summed E-state index contributed by atoms with van der Waals surface area (Å²) in [6, 6.07) is 7.03. The van der Waals surface area contributed by atoms with Crippen molar-refractivity contribution in [2.45, 2.75) is 17.5 Å². The summed E-state index contributed by atoms with van der Waals surface area (Å²) < 4.78 is 0.883. The van der Waals surface area contributed by atoms with Gasteiger partial charge in [-0.3, -0.25) is 14.4 Å². The summed E-state index contributed by atoms with van der Waals surface area (Å²) in [6.45, 7) is 0. The van der Waals surface area contributed by atoms with Gasteiger partial charge in [0.2, 0.25) is 11.8 Å². The van der Waals surface area contributed by atoms with Gasteiger partial charge in [0.1, 0.15) is 5.82 Å². The summed E-state index contributed by atoms with van der Waals surface area (Å²) >= 11 is 4.57. The zero-order valence-electron chi connectivity index (χ0n) is 12.6. The molecule has 3 rings (SSSR count). The van der Waals surface area contributed by atoms with Crippen LogP contribution in [0.2, 0.25) is 0 Å². The molecule has 1 aliphatic rings. The number of amides is 2. The van der Waals surface area contributed by atoms with Crippen LogP contribution in [0.4, 0.5) is 11.5 Å². The van der Waals surface area contributed by atoms with Crippen molar-refractivity contribution >= 4 is 51.0 Å². The molecule has 1 atom stereocenters. The van der Waals surface area contributed by atoms with Gasteiger partial charge in [0.15, 0.2) is 5.16 Å². The number of anilines is 2. The Morgan fingerprint density at radius 2 is 2.04 bits per heavy atom. The van der Waals surface area contributed by atoms with E-state index < -0.39 is 17.4 Å². The van der Waals surface area contributed by atoms with Gasteiger partial charge in [-0.2, -0.15) is 0 Å². The topological polar surface area (TPSA) is 104 Å². The molecule has 0 saturated heterocycles. The smallest absolute Gasteiger partial charge is 0.257 e. The molecule has 124 valence electrons. The van der Waals surface area contributed by atoms with E-state index in [-0.39, 0.29) is 23.7 Å². The van der Waals surface area contributed by atoms with Crippen molar-refractivity contribution in [2.75, 3.05) is 16.9 Å². The fourth-order valence-corrected chi connectivity index (χ4v) is 3.08. The van der Waals surface area contributed by atoms with E-state index in [0.717, 1.165) is 4.47 Å². The minimum absolute atomic E-state index is 0.0985. The van der Waals surface area contributed by atoms with Gasteiger partial charge < -0.3 is 15.6 Å². The molecule has 2 amide bonds. The quantitative estimate of drug-likeness (QED) is 0.533. The number of rotatable bonds is 3. The molecule has 1 aliphatic heterocycles. The normalized spacial score (nSPS) is 16.2. The summed E-state index contributed by atoms with van der Waals surface area (Å²) in [6.07, 6.45) is 1.66. The molecular weight excluding hydrogens is 396 g/mol. The fourth-order valence-electron chi connectivity index (χ4n) is 2.43. The number of nitrogens with zero attached hydrogens (tertiary/aromatic N) is 1. The van der Waals surface area contributed by atoms with Gasteiger partial charge in [-0.25, -0.2) is 4.98 Å². The number of fused-ring (bicyclic) bond motifs is 1. The van der Waals surface area contributed by atoms with Crippen LogP contribution in [0.5, 0.6) is 0 Å². The molecule has 1 aromatic heterocycles. The van der Waals surface area contributed by atoms with Crippen molar-refractivity contribution in [3.05, 3.63) is 44.7 Å². The highest BCUT2D eigenvalue weighted by molar-refractivity contribution is 9.10. The van der Waals surface area contributed by atoms with Crippen molar-refractivity contribution in [1.82, 2.24) is 9.97 Å². The van der Waals surface area contributed by atoms with E-state index in [0.29, 0.717) is 10.8 Å². The second-order valence-corrected chi connectivity index (χ2v) is 6.85. The highest BCUT2D eigenvalue weighted by Crippen LogP contribution is 2.30. The number of hydrogen-bond acceptors (Lipinski definition) is 5. The SMILES string of the molecule is CSc1nc2c(c(=O)[nH]1)[C@@H](C(=O)Nc1ccc(Br)cc1)CC(=O)N2. The first-order valence-electron chi connectivity index (χ1n) is 7.02. The van der Waals surface area contributed by atoms with E-state index in [4.69, 9.17) is 0 Å². The van der Waals surface area contributed by atoms with Crippen molar-refractivity contribution in [1.29, 1.82) is 0 Å². The Labute approximate surface area is 149 Å². The fraction of sp³-hybridized carbons (Fsp3) is 0.200. The van der Waals surface area contributed by atoms with Crippen LogP contribution in [0.25, 0.3) is 0 Å². The van der Waals surface area contributed by atoms with Crippen LogP contribution in [0.1, 0.15) is 17.9 Å². The van der Waals surface area contributed by atoms with E-state index in [2.05, 4.69) is 36.5 Å². The number of aromatic amines is 1. The second-order valence-electron chi connectivity index (χ2n) is 5.14. The van der Waals surface area contributed by atoms with Gasteiger partial charge in [0, 0.05) is 16.6 Å². The lowest BCUT2D eigenvalue weighted by Gasteiger charge is -2.23. The van der Waals surface area contributed by atoms with Crippen LogP contribution in [-0.2, 0) is 9.59 Å². The van der Waals surface area contributed by atoms with Gasteiger partial charge >= 0.3 is 0 Å². The summed E-state index contributed by atoms with van der Waals surface area (Å²) in [5, 5.41) is 5.68. The molecule has 2 heterocycles. The van der Waals surface area contributed by atoms with Crippen LogP contribution < -0.4 is 16.2 Å². The third-order valence-electron chi connectivity index (χ3n) is 3.55. The predicted octanol–water partition coefficient (Wildman–Crippen LogP) is 2.32. The Morgan fingerprint density at radius 1 is 1.33 bits per heavy atom. The number of aromatic nitrogens is 2. The number of nitrogens with one attached hydrogen (secondary N) is 3. The molecule has 7 nitrogen and oxygen atoms in total. The zero-order chi connectivity index (χ0) is 17.3. The number of benzene rings is 1. The average molecular weight is 409 g/mol. The number of hydrogen-bond donors (Lipinski definition) is 3. The van der Waals surface area contributed by atoms with Crippen LogP contribution in [0.15, 0.2) is 38.7 Å². The van der Waals surface area contributed by atoms with Crippen molar-refractivity contribution in [3.8, 4) is 0 Å². The third-order valence-corrected chi connectivity index (χ3v) is 4.66. The number of halogens is 1. The van der Waals surface area contributed by atoms with Gasteiger partial charge in [-0.15, -0.1) is 0 Å². The highest BCUT2D eigenvalue weighted by atomic mass is 79.9. The molecule has 0 saturated carbocycles. The molecule has 3 N–H and O–H groups in total. The summed E-state index contributed by atoms with van der Waals surface area (Å²) in [4.78, 5) is 43.6. The van der Waals surface area contributed by atoms with Crippen molar-refractivity contribution in [3.63, 3.8) is 0 Å².